The summed E-state index contributed by atoms with van der Waals surface area (Å²) in [5.41, 5.74) is 1.10. The van der Waals surface area contributed by atoms with E-state index in [1.54, 1.807) is 12.1 Å². The van der Waals surface area contributed by atoms with E-state index in [1.807, 2.05) is 17.0 Å². The lowest BCUT2D eigenvalue weighted by atomic mass is 9.95. The lowest BCUT2D eigenvalue weighted by Gasteiger charge is -2.33. The van der Waals surface area contributed by atoms with Crippen LogP contribution in [0.2, 0.25) is 0 Å². The van der Waals surface area contributed by atoms with Crippen molar-refractivity contribution >= 4 is 12.0 Å². The van der Waals surface area contributed by atoms with E-state index in [4.69, 9.17) is 4.74 Å². The molecule has 3 rings (SSSR count). The van der Waals surface area contributed by atoms with Gasteiger partial charge in [0.25, 0.3) is 0 Å². The summed E-state index contributed by atoms with van der Waals surface area (Å²) in [5, 5.41) is 9.30. The first-order valence-corrected chi connectivity index (χ1v) is 8.76. The molecular weight excluding hydrogens is 304 g/mol. The number of phenols is 1. The number of likely N-dealkylation sites (tertiary alicyclic amines) is 1. The Hall–Kier alpha value is -1.85. The van der Waals surface area contributed by atoms with Gasteiger partial charge in [-0.3, -0.25) is 9.69 Å². The number of rotatable bonds is 4. The largest absolute Gasteiger partial charge is 0.508 e. The zero-order chi connectivity index (χ0) is 16.8. The van der Waals surface area contributed by atoms with E-state index < -0.39 is 0 Å². The van der Waals surface area contributed by atoms with Gasteiger partial charge in [-0.25, -0.2) is 0 Å². The molecule has 0 aliphatic carbocycles. The first-order chi connectivity index (χ1) is 11.7. The van der Waals surface area contributed by atoms with Crippen molar-refractivity contribution in [1.82, 2.24) is 9.80 Å². The third-order valence-electron chi connectivity index (χ3n) is 4.81. The second-order valence-corrected chi connectivity index (χ2v) is 6.56. The minimum absolute atomic E-state index is 0.248. The van der Waals surface area contributed by atoms with Crippen LogP contribution in [0.1, 0.15) is 18.4 Å². The summed E-state index contributed by atoms with van der Waals surface area (Å²) in [7, 11) is 0. The van der Waals surface area contributed by atoms with E-state index in [0.29, 0.717) is 18.2 Å². The van der Waals surface area contributed by atoms with Gasteiger partial charge in [0.1, 0.15) is 5.75 Å². The molecule has 2 aliphatic rings. The fourth-order valence-corrected chi connectivity index (χ4v) is 3.22. The van der Waals surface area contributed by atoms with Crippen LogP contribution in [0.3, 0.4) is 0 Å². The highest BCUT2D eigenvalue weighted by molar-refractivity contribution is 5.78. The predicted molar refractivity (Wildman–Crippen MR) is 93.7 cm³/mol. The van der Waals surface area contributed by atoms with Crippen molar-refractivity contribution in [3.8, 4) is 5.75 Å². The zero-order valence-electron chi connectivity index (χ0n) is 14.1. The summed E-state index contributed by atoms with van der Waals surface area (Å²) in [5.74, 6) is 1.06. The Morgan fingerprint density at radius 1 is 1.12 bits per heavy atom. The van der Waals surface area contributed by atoms with E-state index in [9.17, 15) is 9.90 Å². The second kappa shape index (κ2) is 8.31. The number of hydrogen-bond donors (Lipinski definition) is 1. The minimum atomic E-state index is 0.248. The highest BCUT2D eigenvalue weighted by Crippen LogP contribution is 2.20. The van der Waals surface area contributed by atoms with Gasteiger partial charge in [-0.2, -0.15) is 0 Å². The highest BCUT2D eigenvalue weighted by atomic mass is 16.5. The van der Waals surface area contributed by atoms with E-state index in [0.717, 1.165) is 57.8 Å². The maximum absolute atomic E-state index is 12.4. The number of aromatic hydroxyl groups is 1. The molecule has 2 heterocycles. The smallest absolute Gasteiger partial charge is 0.236 e. The van der Waals surface area contributed by atoms with E-state index >= 15 is 0 Å². The van der Waals surface area contributed by atoms with Crippen molar-refractivity contribution < 1.29 is 14.6 Å². The maximum Gasteiger partial charge on any atom is 0.236 e. The maximum atomic E-state index is 12.4. The third-order valence-corrected chi connectivity index (χ3v) is 4.81. The second-order valence-electron chi connectivity index (χ2n) is 6.56. The lowest BCUT2D eigenvalue weighted by Crippen LogP contribution is -2.46. The molecule has 1 aromatic rings. The van der Waals surface area contributed by atoms with E-state index in [-0.39, 0.29) is 5.91 Å². The van der Waals surface area contributed by atoms with Crippen molar-refractivity contribution in [2.75, 3.05) is 45.9 Å². The Balaban J connectivity index is 1.43. The standard InChI is InChI=1S/C19H26N2O3/c22-18-5-3-16(4-6-18)1-2-17-7-9-21(10-8-17)19(23)15-20-11-13-24-14-12-20/h1-6,17,22H,7-15H2/b2-1+. The quantitative estimate of drug-likeness (QED) is 0.917. The summed E-state index contributed by atoms with van der Waals surface area (Å²) in [6, 6.07) is 7.22. The molecule has 2 aliphatic heterocycles. The molecule has 5 nitrogen and oxygen atoms in total. The number of nitrogens with zero attached hydrogens (tertiary/aromatic N) is 2. The average Bonchev–Trinajstić information content (AvgIpc) is 2.62. The van der Waals surface area contributed by atoms with Crippen molar-refractivity contribution in [1.29, 1.82) is 0 Å². The number of morpholine rings is 1. The highest BCUT2D eigenvalue weighted by Gasteiger charge is 2.23. The summed E-state index contributed by atoms with van der Waals surface area (Å²) in [4.78, 5) is 16.6. The van der Waals surface area contributed by atoms with E-state index in [1.165, 1.54) is 0 Å². The topological polar surface area (TPSA) is 53.0 Å². The molecule has 5 heteroatoms. The number of benzene rings is 1. The monoisotopic (exact) mass is 330 g/mol. The summed E-state index contributed by atoms with van der Waals surface area (Å²) in [6.45, 7) is 5.39. The van der Waals surface area contributed by atoms with Gasteiger partial charge in [-0.05, 0) is 36.5 Å². The van der Waals surface area contributed by atoms with Gasteiger partial charge in [-0.15, -0.1) is 0 Å². The van der Waals surface area contributed by atoms with Gasteiger partial charge in [0.15, 0.2) is 0 Å². The number of hydrogen-bond acceptors (Lipinski definition) is 4. The third kappa shape index (κ3) is 4.82. The minimum Gasteiger partial charge on any atom is -0.508 e. The van der Waals surface area contributed by atoms with Gasteiger partial charge < -0.3 is 14.7 Å². The number of carbonyl (C=O) groups excluding carboxylic acids is 1. The van der Waals surface area contributed by atoms with Crippen molar-refractivity contribution in [3.05, 3.63) is 35.9 Å². The normalized spacial score (nSPS) is 20.6. The molecule has 0 spiro atoms. The molecule has 130 valence electrons. The molecule has 0 radical (unpaired) electrons. The number of carbonyl (C=O) groups is 1. The Bertz CT molecular complexity index is 556. The molecule has 1 N–H and O–H groups in total. The molecular formula is C19H26N2O3. The Kier molecular flexibility index (Phi) is 5.88. The van der Waals surface area contributed by atoms with Gasteiger partial charge in [0, 0.05) is 26.2 Å². The van der Waals surface area contributed by atoms with Crippen molar-refractivity contribution in [2.24, 2.45) is 5.92 Å². The van der Waals surface area contributed by atoms with Crippen LogP contribution in [0.5, 0.6) is 5.75 Å². The van der Waals surface area contributed by atoms with Gasteiger partial charge >= 0.3 is 0 Å². The molecule has 0 aromatic heterocycles. The van der Waals surface area contributed by atoms with Crippen LogP contribution in [0.4, 0.5) is 0 Å². The van der Waals surface area contributed by atoms with Crippen molar-refractivity contribution in [2.45, 2.75) is 12.8 Å². The Labute approximate surface area is 143 Å². The summed E-state index contributed by atoms with van der Waals surface area (Å²) < 4.78 is 5.32. The number of amides is 1. The van der Waals surface area contributed by atoms with Crippen LogP contribution < -0.4 is 0 Å². The lowest BCUT2D eigenvalue weighted by molar-refractivity contribution is -0.134. The van der Waals surface area contributed by atoms with Crippen LogP contribution in [0, 0.1) is 5.92 Å². The van der Waals surface area contributed by atoms with Crippen LogP contribution in [0.25, 0.3) is 6.08 Å². The van der Waals surface area contributed by atoms with Gasteiger partial charge in [0.05, 0.1) is 19.8 Å². The van der Waals surface area contributed by atoms with Crippen LogP contribution in [-0.4, -0.2) is 66.8 Å². The molecule has 0 atom stereocenters. The molecule has 0 saturated carbocycles. The number of phenolic OH excluding ortho intramolecular Hbond substituents is 1. The summed E-state index contributed by atoms with van der Waals surface area (Å²) in [6.07, 6.45) is 6.37. The van der Waals surface area contributed by atoms with Gasteiger partial charge in [0.2, 0.25) is 5.91 Å². The van der Waals surface area contributed by atoms with Crippen molar-refractivity contribution in [3.63, 3.8) is 0 Å². The molecule has 0 unspecified atom stereocenters. The SMILES string of the molecule is O=C(CN1CCOCC1)N1CCC(/C=C/c2ccc(O)cc2)CC1. The molecule has 0 bridgehead atoms. The average molecular weight is 330 g/mol. The zero-order valence-corrected chi connectivity index (χ0v) is 14.1. The van der Waals surface area contributed by atoms with E-state index in [2.05, 4.69) is 17.1 Å². The van der Waals surface area contributed by atoms with Crippen LogP contribution in [-0.2, 0) is 9.53 Å². The first-order valence-electron chi connectivity index (χ1n) is 8.76. The Morgan fingerprint density at radius 3 is 2.46 bits per heavy atom. The van der Waals surface area contributed by atoms with Crippen LogP contribution >= 0.6 is 0 Å². The number of allylic oxidation sites excluding steroid dienone is 1. The molecule has 1 amide bonds. The molecule has 2 fully saturated rings. The predicted octanol–water partition coefficient (Wildman–Crippen LogP) is 1.98. The number of ether oxygens (including phenoxy) is 1. The number of piperidine rings is 1. The summed E-state index contributed by atoms with van der Waals surface area (Å²) >= 11 is 0. The molecule has 1 aromatic carbocycles. The fourth-order valence-electron chi connectivity index (χ4n) is 3.22. The molecule has 24 heavy (non-hydrogen) atoms. The fraction of sp³-hybridized carbons (Fsp3) is 0.526. The molecule has 2 saturated heterocycles. The first kappa shape index (κ1) is 17.0. The van der Waals surface area contributed by atoms with Gasteiger partial charge in [-0.1, -0.05) is 24.3 Å². The van der Waals surface area contributed by atoms with Crippen LogP contribution in [0.15, 0.2) is 30.3 Å². The Morgan fingerprint density at radius 2 is 1.79 bits per heavy atom.